The minimum absolute atomic E-state index is 0.317. The number of hydrazine groups is 1. The van der Waals surface area contributed by atoms with Gasteiger partial charge in [0.2, 0.25) is 5.91 Å². The lowest BCUT2D eigenvalue weighted by Gasteiger charge is -2.22. The summed E-state index contributed by atoms with van der Waals surface area (Å²) in [6.07, 6.45) is 0. The summed E-state index contributed by atoms with van der Waals surface area (Å²) >= 11 is 6.28. The van der Waals surface area contributed by atoms with Crippen molar-refractivity contribution in [3.05, 3.63) is 42.5 Å². The second-order valence-corrected chi connectivity index (χ2v) is 7.02. The van der Waals surface area contributed by atoms with Gasteiger partial charge in [-0.2, -0.15) is 0 Å². The topological polar surface area (TPSA) is 52.7 Å². The van der Waals surface area contributed by atoms with Crippen molar-refractivity contribution in [2.45, 2.75) is 5.25 Å². The monoisotopic (exact) mass is 345 g/mol. The van der Waals surface area contributed by atoms with E-state index < -0.39 is 5.25 Å². The van der Waals surface area contributed by atoms with Crippen molar-refractivity contribution in [3.8, 4) is 0 Å². The highest BCUT2D eigenvalue weighted by Crippen LogP contribution is 2.30. The first-order valence-corrected chi connectivity index (χ1v) is 8.28. The Morgan fingerprint density at radius 3 is 2.61 bits per heavy atom. The van der Waals surface area contributed by atoms with Gasteiger partial charge in [-0.3, -0.25) is 9.59 Å². The van der Waals surface area contributed by atoms with Gasteiger partial charge in [-0.1, -0.05) is 60.4 Å². The number of hydrogen-bond donors (Lipinski definition) is 1. The minimum atomic E-state index is -0.858. The summed E-state index contributed by atoms with van der Waals surface area (Å²) in [5.74, 6) is -0.675. The lowest BCUT2D eigenvalue weighted by Crippen LogP contribution is -2.44. The van der Waals surface area contributed by atoms with Crippen molar-refractivity contribution in [1.29, 1.82) is 0 Å². The number of benzene rings is 2. The van der Waals surface area contributed by atoms with Crippen LogP contribution in [0, 0.1) is 0 Å². The van der Waals surface area contributed by atoms with E-state index in [0.717, 1.165) is 22.5 Å². The van der Waals surface area contributed by atoms with Gasteiger partial charge < -0.3 is 5.32 Å². The molecule has 1 fully saturated rings. The standard InChI is InChI=1S/C16H15N3O2S2/c1-18(2)19-15(21)13(23-16(19)22)14(20)17-12-9-5-7-10-6-3-4-8-11(10)12/h3-9,13H,1-2H3,(H,17,20). The molecular formula is C16H15N3O2S2. The van der Waals surface area contributed by atoms with Crippen LogP contribution in [0.2, 0.25) is 0 Å². The molecule has 0 spiro atoms. The Hall–Kier alpha value is -1.96. The molecule has 1 N–H and O–H groups in total. The molecule has 23 heavy (non-hydrogen) atoms. The quantitative estimate of drug-likeness (QED) is 0.684. The fraction of sp³-hybridized carbons (Fsp3) is 0.188. The zero-order valence-electron chi connectivity index (χ0n) is 12.6. The van der Waals surface area contributed by atoms with Crippen LogP contribution in [-0.4, -0.2) is 45.5 Å². The van der Waals surface area contributed by atoms with Crippen molar-refractivity contribution in [2.75, 3.05) is 19.4 Å². The number of carbonyl (C=O) groups excluding carboxylic acids is 2. The van der Waals surface area contributed by atoms with E-state index in [9.17, 15) is 9.59 Å². The minimum Gasteiger partial charge on any atom is -0.324 e. The molecule has 0 aromatic heterocycles. The van der Waals surface area contributed by atoms with Crippen molar-refractivity contribution in [2.24, 2.45) is 0 Å². The average Bonchev–Trinajstić information content (AvgIpc) is 2.82. The highest BCUT2D eigenvalue weighted by molar-refractivity contribution is 8.24. The molecule has 1 aliphatic rings. The molecule has 2 aromatic rings. The molecule has 0 radical (unpaired) electrons. The Balaban J connectivity index is 1.85. The van der Waals surface area contributed by atoms with Crippen LogP contribution in [-0.2, 0) is 9.59 Å². The Kier molecular flexibility index (Phi) is 4.34. The largest absolute Gasteiger partial charge is 0.324 e. The molecule has 2 aromatic carbocycles. The van der Waals surface area contributed by atoms with Crippen molar-refractivity contribution >= 4 is 56.6 Å². The van der Waals surface area contributed by atoms with Gasteiger partial charge in [0, 0.05) is 25.2 Å². The lowest BCUT2D eigenvalue weighted by molar-refractivity contribution is -0.137. The molecule has 0 aliphatic carbocycles. The van der Waals surface area contributed by atoms with E-state index in [-0.39, 0.29) is 11.8 Å². The fourth-order valence-corrected chi connectivity index (χ4v) is 3.92. The van der Waals surface area contributed by atoms with E-state index in [0.29, 0.717) is 10.0 Å². The first kappa shape index (κ1) is 15.9. The van der Waals surface area contributed by atoms with Gasteiger partial charge in [-0.15, -0.1) is 0 Å². The predicted octanol–water partition coefficient (Wildman–Crippen LogP) is 2.48. The van der Waals surface area contributed by atoms with Crippen LogP contribution in [0.1, 0.15) is 0 Å². The predicted molar refractivity (Wildman–Crippen MR) is 97.1 cm³/mol. The third kappa shape index (κ3) is 2.95. The molecule has 2 amide bonds. The number of nitrogens with zero attached hydrogens (tertiary/aromatic N) is 2. The van der Waals surface area contributed by atoms with Crippen molar-refractivity contribution in [1.82, 2.24) is 10.0 Å². The molecule has 1 saturated heterocycles. The Morgan fingerprint density at radius 1 is 1.22 bits per heavy atom. The normalized spacial score (nSPS) is 18.0. The smallest absolute Gasteiger partial charge is 0.265 e. The molecule has 1 unspecified atom stereocenters. The number of carbonyl (C=O) groups is 2. The number of fused-ring (bicyclic) bond motifs is 1. The van der Waals surface area contributed by atoms with Crippen molar-refractivity contribution in [3.63, 3.8) is 0 Å². The maximum absolute atomic E-state index is 12.5. The summed E-state index contributed by atoms with van der Waals surface area (Å²) in [5.41, 5.74) is 0.690. The van der Waals surface area contributed by atoms with E-state index in [4.69, 9.17) is 12.2 Å². The Bertz CT molecular complexity index is 802. The summed E-state index contributed by atoms with van der Waals surface area (Å²) in [4.78, 5) is 24.9. The van der Waals surface area contributed by atoms with Gasteiger partial charge in [-0.05, 0) is 11.5 Å². The van der Waals surface area contributed by atoms with E-state index in [2.05, 4.69) is 5.32 Å². The van der Waals surface area contributed by atoms with Gasteiger partial charge in [-0.25, -0.2) is 10.0 Å². The van der Waals surface area contributed by atoms with Crippen LogP contribution in [0.25, 0.3) is 10.8 Å². The molecule has 7 heteroatoms. The number of thioether (sulfide) groups is 1. The molecular weight excluding hydrogens is 330 g/mol. The first-order chi connectivity index (χ1) is 11.0. The van der Waals surface area contributed by atoms with Gasteiger partial charge in [0.25, 0.3) is 5.91 Å². The number of amides is 2. The molecule has 1 atom stereocenters. The highest BCUT2D eigenvalue weighted by atomic mass is 32.2. The van der Waals surface area contributed by atoms with E-state index >= 15 is 0 Å². The maximum atomic E-state index is 12.5. The first-order valence-electron chi connectivity index (χ1n) is 6.99. The zero-order valence-corrected chi connectivity index (χ0v) is 14.3. The fourth-order valence-electron chi connectivity index (χ4n) is 2.46. The summed E-state index contributed by atoms with van der Waals surface area (Å²) in [7, 11) is 3.44. The van der Waals surface area contributed by atoms with Gasteiger partial charge in [0.15, 0.2) is 9.57 Å². The van der Waals surface area contributed by atoms with Crippen LogP contribution in [0.15, 0.2) is 42.5 Å². The maximum Gasteiger partial charge on any atom is 0.265 e. The van der Waals surface area contributed by atoms with Gasteiger partial charge in [0.1, 0.15) is 0 Å². The van der Waals surface area contributed by atoms with Crippen LogP contribution >= 0.6 is 24.0 Å². The number of nitrogens with one attached hydrogen (secondary N) is 1. The van der Waals surface area contributed by atoms with Gasteiger partial charge >= 0.3 is 0 Å². The summed E-state index contributed by atoms with van der Waals surface area (Å²) in [6.45, 7) is 0. The number of hydrogen-bond acceptors (Lipinski definition) is 5. The second-order valence-electron chi connectivity index (χ2n) is 5.28. The molecule has 3 rings (SSSR count). The highest BCUT2D eigenvalue weighted by Gasteiger charge is 2.43. The van der Waals surface area contributed by atoms with Crippen LogP contribution in [0.3, 0.4) is 0 Å². The van der Waals surface area contributed by atoms with E-state index in [1.807, 2.05) is 42.5 Å². The van der Waals surface area contributed by atoms with Crippen LogP contribution in [0.4, 0.5) is 5.69 Å². The van der Waals surface area contributed by atoms with Gasteiger partial charge in [0.05, 0.1) is 0 Å². The third-order valence-electron chi connectivity index (χ3n) is 3.51. The molecule has 0 bridgehead atoms. The number of thiocarbonyl (C=S) groups is 1. The van der Waals surface area contributed by atoms with E-state index in [1.54, 1.807) is 19.1 Å². The van der Waals surface area contributed by atoms with E-state index in [1.165, 1.54) is 5.01 Å². The third-order valence-corrected chi connectivity index (χ3v) is 5.00. The summed E-state index contributed by atoms with van der Waals surface area (Å²) in [5, 5.41) is 6.89. The second kappa shape index (κ2) is 6.27. The number of rotatable bonds is 3. The zero-order chi connectivity index (χ0) is 16.6. The molecule has 118 valence electrons. The van der Waals surface area contributed by atoms with Crippen molar-refractivity contribution < 1.29 is 9.59 Å². The Labute approximate surface area is 143 Å². The number of anilines is 1. The molecule has 5 nitrogen and oxygen atoms in total. The van der Waals surface area contributed by atoms with Crippen LogP contribution < -0.4 is 5.32 Å². The molecule has 0 saturated carbocycles. The lowest BCUT2D eigenvalue weighted by atomic mass is 10.1. The van der Waals surface area contributed by atoms with Crippen LogP contribution in [0.5, 0.6) is 0 Å². The Morgan fingerprint density at radius 2 is 1.91 bits per heavy atom. The SMILES string of the molecule is CN(C)N1C(=O)C(C(=O)Nc2cccc3ccccc23)SC1=S. The average molecular weight is 345 g/mol. The molecule has 1 aliphatic heterocycles. The summed E-state index contributed by atoms with van der Waals surface area (Å²) in [6, 6.07) is 13.4. The summed E-state index contributed by atoms with van der Waals surface area (Å²) < 4.78 is 0.387. The molecule has 1 heterocycles.